The third kappa shape index (κ3) is 1.72. The zero-order chi connectivity index (χ0) is 11.8. The third-order valence-electron chi connectivity index (χ3n) is 2.83. The molecule has 0 amide bonds. The molecule has 2 aromatic rings. The monoisotopic (exact) mass is 265 g/mol. The molecule has 0 saturated heterocycles. The first kappa shape index (κ1) is 11.0. The number of thioether (sulfide) groups is 1. The quantitative estimate of drug-likeness (QED) is 0.521. The lowest BCUT2D eigenvalue weighted by atomic mass is 10.1. The minimum atomic E-state index is 0.776. The Balaban J connectivity index is 2.23. The minimum Gasteiger partial charge on any atom is -0.348 e. The Labute approximate surface area is 105 Å². The molecule has 1 N–H and O–H groups in total. The van der Waals surface area contributed by atoms with Crippen LogP contribution in [0.15, 0.2) is 5.16 Å². The first-order valence-corrected chi connectivity index (χ1v) is 7.79. The number of anilines is 1. The number of hydrogen-bond acceptors (Lipinski definition) is 5. The maximum absolute atomic E-state index is 4.61. The van der Waals surface area contributed by atoms with Crippen molar-refractivity contribution in [2.24, 2.45) is 0 Å². The molecule has 3 rings (SSSR count). The number of aromatic amines is 1. The summed E-state index contributed by atoms with van der Waals surface area (Å²) in [6, 6.07) is 0. The molecule has 3 heterocycles. The summed E-state index contributed by atoms with van der Waals surface area (Å²) < 4.78 is 0. The van der Waals surface area contributed by atoms with Gasteiger partial charge in [-0.2, -0.15) is 5.10 Å². The van der Waals surface area contributed by atoms with Gasteiger partial charge in [-0.05, 0) is 6.26 Å². The van der Waals surface area contributed by atoms with Crippen molar-refractivity contribution in [1.82, 2.24) is 20.2 Å². The number of H-pyrrole nitrogens is 1. The Hall–Kier alpha value is -1.13. The van der Waals surface area contributed by atoms with Gasteiger partial charge in [0.25, 0.3) is 0 Å². The van der Waals surface area contributed by atoms with E-state index < -0.39 is 0 Å². The Morgan fingerprint density at radius 2 is 2.41 bits per heavy atom. The number of aromatic nitrogens is 4. The van der Waals surface area contributed by atoms with Gasteiger partial charge in [-0.3, -0.25) is 5.10 Å². The van der Waals surface area contributed by atoms with E-state index in [1.165, 1.54) is 0 Å². The molecule has 1 aliphatic heterocycles. The van der Waals surface area contributed by atoms with Gasteiger partial charge in [0, 0.05) is 13.0 Å². The van der Waals surface area contributed by atoms with E-state index in [0.29, 0.717) is 0 Å². The van der Waals surface area contributed by atoms with Gasteiger partial charge in [-0.15, -0.1) is 0 Å². The minimum absolute atomic E-state index is 0.776. The van der Waals surface area contributed by atoms with Gasteiger partial charge >= 0.3 is 0 Å². The van der Waals surface area contributed by atoms with Crippen LogP contribution >= 0.6 is 20.0 Å². The maximum atomic E-state index is 4.61. The van der Waals surface area contributed by atoms with E-state index in [2.05, 4.69) is 31.4 Å². The summed E-state index contributed by atoms with van der Waals surface area (Å²) in [7, 11) is 1.11. The number of hydrogen-bond donors (Lipinski definition) is 1. The van der Waals surface area contributed by atoms with Crippen molar-refractivity contribution >= 4 is 43.1 Å². The molecular weight excluding hydrogens is 253 g/mol. The van der Waals surface area contributed by atoms with Crippen LogP contribution in [0.5, 0.6) is 0 Å². The fourth-order valence-corrected chi connectivity index (χ4v) is 2.93. The lowest BCUT2D eigenvalue weighted by Gasteiger charge is -2.26. The van der Waals surface area contributed by atoms with Gasteiger partial charge in [0.05, 0.1) is 17.4 Å². The molecule has 88 valence electrons. The van der Waals surface area contributed by atoms with Crippen molar-refractivity contribution < 1.29 is 0 Å². The maximum Gasteiger partial charge on any atom is 0.191 e. The second-order valence-electron chi connectivity index (χ2n) is 3.81. The Morgan fingerprint density at radius 1 is 1.53 bits per heavy atom. The smallest absolute Gasteiger partial charge is 0.191 e. The van der Waals surface area contributed by atoms with Crippen LogP contribution in [-0.2, 0) is 6.42 Å². The van der Waals surface area contributed by atoms with Crippen molar-refractivity contribution in [2.45, 2.75) is 11.6 Å². The van der Waals surface area contributed by atoms with Crippen LogP contribution in [0.2, 0.25) is 0 Å². The van der Waals surface area contributed by atoms with Gasteiger partial charge in [0.1, 0.15) is 5.82 Å². The van der Waals surface area contributed by atoms with Gasteiger partial charge in [0.2, 0.25) is 0 Å². The van der Waals surface area contributed by atoms with E-state index in [1.807, 2.05) is 6.26 Å². The van der Waals surface area contributed by atoms with Crippen molar-refractivity contribution in [1.29, 1.82) is 0 Å². The molecular formula is C10H12N5PS. The van der Waals surface area contributed by atoms with E-state index in [1.54, 1.807) is 11.8 Å². The zero-order valence-corrected chi connectivity index (χ0v) is 11.2. The SMILES string of the molecule is C=PCN1CCc2[nH]nc3nc(SC)nc1c23. The molecule has 0 aromatic carbocycles. The van der Waals surface area contributed by atoms with Gasteiger partial charge in [-0.25, -0.2) is 9.97 Å². The zero-order valence-electron chi connectivity index (χ0n) is 9.47. The third-order valence-corrected chi connectivity index (χ3v) is 3.92. The van der Waals surface area contributed by atoms with Crippen LogP contribution in [0.1, 0.15) is 5.69 Å². The van der Waals surface area contributed by atoms with Crippen LogP contribution < -0.4 is 4.90 Å². The lowest BCUT2D eigenvalue weighted by Crippen LogP contribution is -2.28. The lowest BCUT2D eigenvalue weighted by molar-refractivity contribution is 0.801. The Bertz CT molecular complexity index is 581. The van der Waals surface area contributed by atoms with Crippen LogP contribution in [0.4, 0.5) is 5.82 Å². The standard InChI is InChI=1S/C10H12N5PS/c1-16-5-15-4-3-6-7-8(14-13-6)11-10(17-2)12-9(7)15/h1,3-5H2,2H3,(H,11,12,13,14). The van der Waals surface area contributed by atoms with Crippen molar-refractivity contribution in [3.8, 4) is 0 Å². The highest BCUT2D eigenvalue weighted by atomic mass is 32.2. The van der Waals surface area contributed by atoms with E-state index in [0.717, 1.165) is 55.2 Å². The molecule has 2 aromatic heterocycles. The molecule has 0 atom stereocenters. The largest absolute Gasteiger partial charge is 0.348 e. The summed E-state index contributed by atoms with van der Waals surface area (Å²) in [5, 5.41) is 9.18. The predicted octanol–water partition coefficient (Wildman–Crippen LogP) is 1.77. The van der Waals surface area contributed by atoms with Crippen LogP contribution in [0.25, 0.3) is 11.0 Å². The highest BCUT2D eigenvalue weighted by molar-refractivity contribution is 7.98. The van der Waals surface area contributed by atoms with Gasteiger partial charge < -0.3 is 4.90 Å². The van der Waals surface area contributed by atoms with E-state index in [-0.39, 0.29) is 0 Å². The van der Waals surface area contributed by atoms with Gasteiger partial charge in [-0.1, -0.05) is 26.3 Å². The summed E-state index contributed by atoms with van der Waals surface area (Å²) in [5.74, 6) is 1.01. The molecule has 0 aliphatic carbocycles. The average Bonchev–Trinajstić information content (AvgIpc) is 2.77. The number of nitrogens with one attached hydrogen (secondary N) is 1. The van der Waals surface area contributed by atoms with Gasteiger partial charge in [0.15, 0.2) is 10.8 Å². The van der Waals surface area contributed by atoms with Crippen LogP contribution in [-0.4, -0.2) is 45.6 Å². The van der Waals surface area contributed by atoms with E-state index in [9.17, 15) is 0 Å². The molecule has 1 aliphatic rings. The topological polar surface area (TPSA) is 57.7 Å². The molecule has 5 nitrogen and oxygen atoms in total. The highest BCUT2D eigenvalue weighted by Crippen LogP contribution is 2.32. The first-order chi connectivity index (χ1) is 8.33. The van der Waals surface area contributed by atoms with E-state index in [4.69, 9.17) is 0 Å². The van der Waals surface area contributed by atoms with Crippen molar-refractivity contribution in [3.63, 3.8) is 0 Å². The van der Waals surface area contributed by atoms with Crippen molar-refractivity contribution in [3.05, 3.63) is 5.69 Å². The fourth-order valence-electron chi connectivity index (χ4n) is 2.06. The second kappa shape index (κ2) is 4.27. The normalized spacial score (nSPS) is 14.8. The Morgan fingerprint density at radius 3 is 3.18 bits per heavy atom. The molecule has 0 fully saturated rings. The summed E-state index contributed by atoms with van der Waals surface area (Å²) in [6.07, 6.45) is 7.75. The van der Waals surface area contributed by atoms with Crippen molar-refractivity contribution in [2.75, 3.05) is 24.0 Å². The molecule has 0 radical (unpaired) electrons. The number of rotatable bonds is 3. The van der Waals surface area contributed by atoms with Crippen LogP contribution in [0, 0.1) is 0 Å². The summed E-state index contributed by atoms with van der Waals surface area (Å²) in [4.78, 5) is 11.3. The molecule has 0 unspecified atom stereocenters. The predicted molar refractivity (Wildman–Crippen MR) is 73.4 cm³/mol. The second-order valence-corrected chi connectivity index (χ2v) is 5.32. The average molecular weight is 265 g/mol. The van der Waals surface area contributed by atoms with E-state index >= 15 is 0 Å². The molecule has 0 saturated carbocycles. The molecule has 0 bridgehead atoms. The summed E-state index contributed by atoms with van der Waals surface area (Å²) >= 11 is 1.55. The van der Waals surface area contributed by atoms with Crippen LogP contribution in [0.3, 0.4) is 0 Å². The summed E-state index contributed by atoms with van der Waals surface area (Å²) in [5.41, 5.74) is 1.93. The first-order valence-electron chi connectivity index (χ1n) is 5.30. The molecule has 17 heavy (non-hydrogen) atoms. The highest BCUT2D eigenvalue weighted by Gasteiger charge is 2.23. The fraction of sp³-hybridized carbons (Fsp3) is 0.400. The molecule has 7 heteroatoms. The summed E-state index contributed by atoms with van der Waals surface area (Å²) in [6.45, 7) is 0.970. The molecule has 0 spiro atoms. The number of nitrogens with zero attached hydrogens (tertiary/aromatic N) is 4. The Kier molecular flexibility index (Phi) is 2.76.